The Kier molecular flexibility index (Phi) is 5.88. The van der Waals surface area contributed by atoms with Gasteiger partial charge in [-0.15, -0.1) is 11.6 Å². The van der Waals surface area contributed by atoms with E-state index in [9.17, 15) is 0 Å². The van der Waals surface area contributed by atoms with Gasteiger partial charge >= 0.3 is 0 Å². The number of nitrogens with zero attached hydrogens (tertiary/aromatic N) is 3. The molecular weight excluding hydrogens is 282 g/mol. The average Bonchev–Trinajstić information content (AvgIpc) is 2.53. The van der Waals surface area contributed by atoms with Crippen LogP contribution in [-0.4, -0.2) is 42.6 Å². The Bertz CT molecular complexity index is 453. The molecule has 21 heavy (non-hydrogen) atoms. The van der Waals surface area contributed by atoms with E-state index in [-0.39, 0.29) is 0 Å². The molecule has 3 nitrogen and oxygen atoms in total. The lowest BCUT2D eigenvalue weighted by Crippen LogP contribution is -2.43. The monoisotopic (exact) mass is 309 g/mol. The molecule has 1 saturated heterocycles. The zero-order valence-corrected chi connectivity index (χ0v) is 14.5. The zero-order chi connectivity index (χ0) is 15.4. The number of aromatic nitrogens is 1. The van der Waals surface area contributed by atoms with Gasteiger partial charge in [0.15, 0.2) is 0 Å². The van der Waals surface area contributed by atoms with Crippen LogP contribution in [-0.2, 0) is 5.88 Å². The summed E-state index contributed by atoms with van der Waals surface area (Å²) in [5.41, 5.74) is 2.31. The maximum atomic E-state index is 6.05. The van der Waals surface area contributed by atoms with Gasteiger partial charge in [-0.2, -0.15) is 0 Å². The third-order valence-electron chi connectivity index (χ3n) is 4.55. The van der Waals surface area contributed by atoms with Crippen LogP contribution in [0.1, 0.15) is 50.8 Å². The van der Waals surface area contributed by atoms with E-state index in [2.05, 4.69) is 49.8 Å². The Hall–Kier alpha value is -0.800. The van der Waals surface area contributed by atoms with Crippen LogP contribution in [0.2, 0.25) is 0 Å². The van der Waals surface area contributed by atoms with E-state index in [0.717, 1.165) is 18.1 Å². The van der Waals surface area contributed by atoms with Gasteiger partial charge in [0.2, 0.25) is 0 Å². The molecule has 0 radical (unpaired) electrons. The zero-order valence-electron chi connectivity index (χ0n) is 13.8. The van der Waals surface area contributed by atoms with Crippen molar-refractivity contribution in [1.29, 1.82) is 0 Å². The van der Waals surface area contributed by atoms with Crippen molar-refractivity contribution >= 4 is 17.4 Å². The van der Waals surface area contributed by atoms with E-state index in [1.807, 2.05) is 0 Å². The van der Waals surface area contributed by atoms with Gasteiger partial charge in [0.1, 0.15) is 5.82 Å². The summed E-state index contributed by atoms with van der Waals surface area (Å²) in [6.07, 6.45) is 2.43. The van der Waals surface area contributed by atoms with Crippen LogP contribution in [0.25, 0.3) is 0 Å². The lowest BCUT2D eigenvalue weighted by Gasteiger charge is -2.37. The topological polar surface area (TPSA) is 19.4 Å². The first-order valence-electron chi connectivity index (χ1n) is 8.07. The predicted molar refractivity (Wildman–Crippen MR) is 91.4 cm³/mol. The molecule has 0 N–H and O–H groups in total. The van der Waals surface area contributed by atoms with Crippen molar-refractivity contribution in [1.82, 2.24) is 9.88 Å². The maximum Gasteiger partial charge on any atom is 0.129 e. The van der Waals surface area contributed by atoms with Crippen molar-refractivity contribution < 1.29 is 0 Å². The summed E-state index contributed by atoms with van der Waals surface area (Å²) < 4.78 is 0. The first kappa shape index (κ1) is 16.6. The van der Waals surface area contributed by atoms with Crippen molar-refractivity contribution in [2.24, 2.45) is 0 Å². The highest BCUT2D eigenvalue weighted by Crippen LogP contribution is 2.25. The van der Waals surface area contributed by atoms with E-state index in [4.69, 9.17) is 16.6 Å². The van der Waals surface area contributed by atoms with Gasteiger partial charge in [-0.05, 0) is 43.0 Å². The SMILES string of the molecule is CCN1CCC(N(C)c2cc(CCl)cc(C(C)C)n2)CC1. The van der Waals surface area contributed by atoms with Crippen molar-refractivity contribution in [3.8, 4) is 0 Å². The third kappa shape index (κ3) is 4.10. The quantitative estimate of drug-likeness (QED) is 0.770. The molecule has 1 aromatic heterocycles. The molecule has 0 unspecified atom stereocenters. The molecule has 1 aliphatic rings. The number of pyridine rings is 1. The summed E-state index contributed by atoms with van der Waals surface area (Å²) in [5.74, 6) is 2.06. The van der Waals surface area contributed by atoms with E-state index in [1.54, 1.807) is 0 Å². The first-order chi connectivity index (χ1) is 10.0. The van der Waals surface area contributed by atoms with Crippen LogP contribution in [0, 0.1) is 0 Å². The molecule has 0 aromatic carbocycles. The molecular formula is C17H28ClN3. The molecule has 1 fully saturated rings. The Morgan fingerprint density at radius 1 is 1.33 bits per heavy atom. The molecule has 0 bridgehead atoms. The number of alkyl halides is 1. The molecule has 1 aliphatic heterocycles. The van der Waals surface area contributed by atoms with E-state index in [0.29, 0.717) is 17.8 Å². The fourth-order valence-corrected chi connectivity index (χ4v) is 3.11. The van der Waals surface area contributed by atoms with Gasteiger partial charge in [-0.25, -0.2) is 4.98 Å². The molecule has 0 amide bonds. The standard InChI is InChI=1S/C17H28ClN3/c1-5-21-8-6-15(7-9-21)20(4)17-11-14(12-18)10-16(19-17)13(2)3/h10-11,13,15H,5-9,12H2,1-4H3. The van der Waals surface area contributed by atoms with Crippen LogP contribution in [0.15, 0.2) is 12.1 Å². The highest BCUT2D eigenvalue weighted by molar-refractivity contribution is 6.17. The first-order valence-corrected chi connectivity index (χ1v) is 8.60. The maximum absolute atomic E-state index is 6.05. The largest absolute Gasteiger partial charge is 0.357 e. The highest BCUT2D eigenvalue weighted by atomic mass is 35.5. The minimum Gasteiger partial charge on any atom is -0.357 e. The Morgan fingerprint density at radius 3 is 2.52 bits per heavy atom. The number of rotatable bonds is 5. The van der Waals surface area contributed by atoms with Gasteiger partial charge in [0.25, 0.3) is 0 Å². The predicted octanol–water partition coefficient (Wildman–Crippen LogP) is 3.86. The number of anilines is 1. The summed E-state index contributed by atoms with van der Waals surface area (Å²) in [7, 11) is 2.18. The molecule has 0 aliphatic carbocycles. The molecule has 118 valence electrons. The summed E-state index contributed by atoms with van der Waals surface area (Å²) in [6.45, 7) is 10.2. The van der Waals surface area contributed by atoms with Crippen LogP contribution in [0.5, 0.6) is 0 Å². The van der Waals surface area contributed by atoms with Crippen LogP contribution in [0.4, 0.5) is 5.82 Å². The van der Waals surface area contributed by atoms with E-state index in [1.165, 1.54) is 31.5 Å². The van der Waals surface area contributed by atoms with Crippen molar-refractivity contribution in [2.75, 3.05) is 31.6 Å². The smallest absolute Gasteiger partial charge is 0.129 e. The van der Waals surface area contributed by atoms with Crippen LogP contribution >= 0.6 is 11.6 Å². The lowest BCUT2D eigenvalue weighted by molar-refractivity contribution is 0.220. The van der Waals surface area contributed by atoms with Gasteiger partial charge < -0.3 is 9.80 Å². The fraction of sp³-hybridized carbons (Fsp3) is 0.706. The van der Waals surface area contributed by atoms with E-state index < -0.39 is 0 Å². The average molecular weight is 310 g/mol. The van der Waals surface area contributed by atoms with Crippen molar-refractivity contribution in [3.05, 3.63) is 23.4 Å². The highest BCUT2D eigenvalue weighted by Gasteiger charge is 2.23. The van der Waals surface area contributed by atoms with Crippen LogP contribution < -0.4 is 4.90 Å². The summed E-state index contributed by atoms with van der Waals surface area (Å²) in [5, 5.41) is 0. The number of likely N-dealkylation sites (tertiary alicyclic amines) is 1. The number of piperidine rings is 1. The number of hydrogen-bond acceptors (Lipinski definition) is 3. The summed E-state index contributed by atoms with van der Waals surface area (Å²) in [6, 6.07) is 4.87. The Morgan fingerprint density at radius 2 is 2.00 bits per heavy atom. The van der Waals surface area contributed by atoms with Crippen LogP contribution in [0.3, 0.4) is 0 Å². The molecule has 0 spiro atoms. The van der Waals surface area contributed by atoms with Gasteiger partial charge in [-0.3, -0.25) is 0 Å². The normalized spacial score (nSPS) is 17.4. The second-order valence-electron chi connectivity index (χ2n) is 6.32. The van der Waals surface area contributed by atoms with E-state index >= 15 is 0 Å². The number of halogens is 1. The van der Waals surface area contributed by atoms with Gasteiger partial charge in [-0.1, -0.05) is 20.8 Å². The third-order valence-corrected chi connectivity index (χ3v) is 4.86. The molecule has 4 heteroatoms. The Labute approximate surface area is 134 Å². The van der Waals surface area contributed by atoms with Crippen molar-refractivity contribution in [3.63, 3.8) is 0 Å². The Balaban J connectivity index is 2.15. The van der Waals surface area contributed by atoms with Gasteiger partial charge in [0.05, 0.1) is 0 Å². The molecule has 2 heterocycles. The lowest BCUT2D eigenvalue weighted by atomic mass is 10.0. The fourth-order valence-electron chi connectivity index (χ4n) is 2.96. The molecule has 1 aromatic rings. The molecule has 2 rings (SSSR count). The minimum absolute atomic E-state index is 0.433. The van der Waals surface area contributed by atoms with Crippen molar-refractivity contribution in [2.45, 2.75) is 51.5 Å². The second kappa shape index (κ2) is 7.46. The molecule has 0 saturated carbocycles. The summed E-state index contributed by atoms with van der Waals surface area (Å²) >= 11 is 6.05. The molecule has 0 atom stereocenters. The second-order valence-corrected chi connectivity index (χ2v) is 6.59. The summed E-state index contributed by atoms with van der Waals surface area (Å²) in [4.78, 5) is 9.73. The van der Waals surface area contributed by atoms with Gasteiger partial charge in [0, 0.05) is 37.8 Å². The minimum atomic E-state index is 0.433. The number of hydrogen-bond donors (Lipinski definition) is 0.